The molecule has 9 nitrogen and oxygen atoms in total. The van der Waals surface area contributed by atoms with Crippen LogP contribution < -0.4 is 16.0 Å². The Bertz CT molecular complexity index is 1270. The van der Waals surface area contributed by atoms with E-state index in [4.69, 9.17) is 0 Å². The van der Waals surface area contributed by atoms with E-state index in [2.05, 4.69) is 42.9 Å². The number of carbonyl (C=O) groups is 2. The largest absolute Gasteiger partial charge is 0.508 e. The van der Waals surface area contributed by atoms with E-state index in [0.29, 0.717) is 18.2 Å². The van der Waals surface area contributed by atoms with Crippen LogP contribution in [0.5, 0.6) is 5.75 Å². The summed E-state index contributed by atoms with van der Waals surface area (Å²) in [7, 11) is 0. The lowest BCUT2D eigenvalue weighted by Gasteiger charge is -2.20. The third kappa shape index (κ3) is 6.67. The van der Waals surface area contributed by atoms with Gasteiger partial charge in [-0.15, -0.1) is 0 Å². The maximum atomic E-state index is 12.8. The number of benzene rings is 2. The van der Waals surface area contributed by atoms with Gasteiger partial charge in [-0.2, -0.15) is 5.26 Å². The Morgan fingerprint density at radius 2 is 2.05 bits per heavy atom. The van der Waals surface area contributed by atoms with Crippen molar-refractivity contribution in [2.75, 3.05) is 25.0 Å². The Labute approximate surface area is 224 Å². The molecule has 1 saturated carbocycles. The smallest absolute Gasteiger partial charge is 0.251 e. The molecule has 1 aliphatic carbocycles. The summed E-state index contributed by atoms with van der Waals surface area (Å²) in [6.45, 7) is 2.48. The van der Waals surface area contributed by atoms with Crippen molar-refractivity contribution in [3.8, 4) is 11.8 Å². The molecule has 4 rings (SSSR count). The number of hydrogen-bond donors (Lipinski definition) is 5. The highest BCUT2D eigenvalue weighted by Gasteiger charge is 2.45. The number of nitriles is 1. The highest BCUT2D eigenvalue weighted by atomic mass is 79.9. The molecule has 1 heterocycles. The second-order valence-corrected chi connectivity index (χ2v) is 10.5. The van der Waals surface area contributed by atoms with E-state index in [1.807, 2.05) is 25.1 Å². The zero-order valence-electron chi connectivity index (χ0n) is 20.6. The third-order valence-corrected chi connectivity index (χ3v) is 7.19. The second kappa shape index (κ2) is 11.3. The number of aliphatic hydroxyl groups excluding tert-OH is 1. The lowest BCUT2D eigenvalue weighted by atomic mass is 9.87. The number of β-amino-alcohol motifs (C(OH)–C–C–N with tert-alkyl or cyclic N) is 1. The van der Waals surface area contributed by atoms with Crippen LogP contribution in [-0.4, -0.2) is 53.6 Å². The second-order valence-electron chi connectivity index (χ2n) is 9.62. The van der Waals surface area contributed by atoms with E-state index in [-0.39, 0.29) is 42.5 Å². The summed E-state index contributed by atoms with van der Waals surface area (Å²) in [6, 6.07) is 12.8. The van der Waals surface area contributed by atoms with Crippen LogP contribution in [-0.2, 0) is 10.2 Å². The maximum Gasteiger partial charge on any atom is 0.251 e. The minimum absolute atomic E-state index is 0.0333. The summed E-state index contributed by atoms with van der Waals surface area (Å²) in [5.74, 6) is -0.305. The fourth-order valence-electron chi connectivity index (χ4n) is 4.41. The first-order valence-corrected chi connectivity index (χ1v) is 13.1. The van der Waals surface area contributed by atoms with Crippen molar-refractivity contribution in [2.24, 2.45) is 4.99 Å². The summed E-state index contributed by atoms with van der Waals surface area (Å²) in [5.41, 5.74) is 2.22. The molecule has 0 bridgehead atoms. The zero-order valence-corrected chi connectivity index (χ0v) is 22.1. The average molecular weight is 568 g/mol. The minimum atomic E-state index is -0.557. The van der Waals surface area contributed by atoms with Crippen molar-refractivity contribution in [3.05, 3.63) is 57.6 Å². The van der Waals surface area contributed by atoms with Crippen molar-refractivity contribution < 1.29 is 19.8 Å². The number of hydrogen-bond acceptors (Lipinski definition) is 8. The number of carbonyl (C=O) groups excluding carboxylic acids is 2. The fraction of sp³-hybridized carbons (Fsp3) is 0.407. The van der Waals surface area contributed by atoms with E-state index in [1.165, 1.54) is 12.1 Å². The summed E-state index contributed by atoms with van der Waals surface area (Å²) >= 11 is 3.55. The minimum Gasteiger partial charge on any atom is -0.508 e. The number of guanidine groups is 1. The Hall–Kier alpha value is -3.42. The number of anilines is 1. The molecule has 2 atom stereocenters. The molecule has 5 N–H and O–H groups in total. The number of nitrogens with one attached hydrogen (secondary N) is 3. The van der Waals surface area contributed by atoms with E-state index < -0.39 is 17.4 Å². The Balaban J connectivity index is 1.37. The first-order valence-electron chi connectivity index (χ1n) is 12.3. The quantitative estimate of drug-likeness (QED) is 0.312. The zero-order chi connectivity index (χ0) is 26.6. The molecule has 0 aromatic heterocycles. The Kier molecular flexibility index (Phi) is 8.15. The molecule has 194 valence electrons. The van der Waals surface area contributed by atoms with Crippen molar-refractivity contribution in [1.82, 2.24) is 10.6 Å². The molecule has 1 aliphatic heterocycles. The number of nitrogens with zero attached hydrogens (tertiary/aromatic N) is 2. The van der Waals surface area contributed by atoms with Gasteiger partial charge in [0.1, 0.15) is 5.75 Å². The molecule has 37 heavy (non-hydrogen) atoms. The molecule has 1 amide bonds. The predicted octanol–water partition coefficient (Wildman–Crippen LogP) is 3.32. The third-order valence-electron chi connectivity index (χ3n) is 6.73. The van der Waals surface area contributed by atoms with Gasteiger partial charge >= 0.3 is 0 Å². The van der Waals surface area contributed by atoms with Crippen LogP contribution in [0, 0.1) is 11.3 Å². The van der Waals surface area contributed by atoms with Gasteiger partial charge in [0.2, 0.25) is 0 Å². The fourth-order valence-corrected chi connectivity index (χ4v) is 4.92. The molecule has 10 heteroatoms. The highest BCUT2D eigenvalue weighted by molar-refractivity contribution is 9.10. The van der Waals surface area contributed by atoms with Gasteiger partial charge in [-0.25, -0.2) is 0 Å². The number of aliphatic imine (C=N–C) groups is 1. The van der Waals surface area contributed by atoms with Crippen LogP contribution in [0.1, 0.15) is 60.0 Å². The van der Waals surface area contributed by atoms with Crippen molar-refractivity contribution in [2.45, 2.75) is 50.0 Å². The summed E-state index contributed by atoms with van der Waals surface area (Å²) in [6.07, 6.45) is 2.14. The van der Waals surface area contributed by atoms with Crippen LogP contribution in [0.3, 0.4) is 0 Å². The van der Waals surface area contributed by atoms with Gasteiger partial charge in [0.25, 0.3) is 5.91 Å². The van der Waals surface area contributed by atoms with Crippen molar-refractivity contribution in [3.63, 3.8) is 0 Å². The number of aromatic hydroxyl groups is 1. The molecule has 2 aromatic rings. The van der Waals surface area contributed by atoms with Gasteiger partial charge in [-0.1, -0.05) is 28.9 Å². The predicted molar refractivity (Wildman–Crippen MR) is 144 cm³/mol. The van der Waals surface area contributed by atoms with Crippen molar-refractivity contribution >= 4 is 39.3 Å². The van der Waals surface area contributed by atoms with Gasteiger partial charge in [0.15, 0.2) is 11.7 Å². The summed E-state index contributed by atoms with van der Waals surface area (Å²) < 4.78 is 0.889. The molecule has 0 radical (unpaired) electrons. The monoisotopic (exact) mass is 567 g/mol. The van der Waals surface area contributed by atoms with Crippen LogP contribution in [0.25, 0.3) is 0 Å². The van der Waals surface area contributed by atoms with Gasteiger partial charge < -0.3 is 26.2 Å². The molecule has 2 aliphatic rings. The highest BCUT2D eigenvalue weighted by Crippen LogP contribution is 2.48. The normalized spacial score (nSPS) is 18.5. The number of halogens is 1. The lowest BCUT2D eigenvalue weighted by molar-refractivity contribution is -0.118. The molecular weight excluding hydrogens is 538 g/mol. The van der Waals surface area contributed by atoms with Crippen LogP contribution in [0.4, 0.5) is 5.69 Å². The van der Waals surface area contributed by atoms with E-state index in [0.717, 1.165) is 34.9 Å². The van der Waals surface area contributed by atoms with Gasteiger partial charge in [0, 0.05) is 34.8 Å². The maximum absolute atomic E-state index is 12.8. The first-order chi connectivity index (χ1) is 17.7. The van der Waals surface area contributed by atoms with Gasteiger partial charge in [-0.3, -0.25) is 14.6 Å². The van der Waals surface area contributed by atoms with Crippen LogP contribution >= 0.6 is 15.9 Å². The number of amides is 1. The summed E-state index contributed by atoms with van der Waals surface area (Å²) in [5, 5.41) is 37.7. The Morgan fingerprint density at radius 1 is 1.27 bits per heavy atom. The molecule has 1 fully saturated rings. The van der Waals surface area contributed by atoms with Gasteiger partial charge in [0.05, 0.1) is 30.7 Å². The van der Waals surface area contributed by atoms with Gasteiger partial charge in [-0.05, 0) is 60.6 Å². The number of rotatable bonds is 9. The Morgan fingerprint density at radius 3 is 2.70 bits per heavy atom. The van der Waals surface area contributed by atoms with Crippen LogP contribution in [0.15, 0.2) is 45.9 Å². The van der Waals surface area contributed by atoms with Crippen molar-refractivity contribution in [1.29, 1.82) is 5.26 Å². The molecular formula is C27H30BrN5O4. The first kappa shape index (κ1) is 26.6. The molecule has 0 saturated heterocycles. The molecule has 0 spiro atoms. The number of phenolic OH excluding ortho intramolecular Hbond substituents is 1. The topological polar surface area (TPSA) is 147 Å². The average Bonchev–Trinajstić information content (AvgIpc) is 3.68. The number of ketones is 1. The number of Topliss-reactive ketones (excluding diaryl/α,β-unsaturated/α-hetero) is 1. The number of aliphatic hydroxyl groups is 1. The SMILES string of the molecule is CC[C@H](CC(=O)CNC(=O)c1cc(O)cc(NC2=NCC(O)CN2)c1)c1cc(Br)cc(C2(C#N)CC2)c1. The van der Waals surface area contributed by atoms with E-state index in [9.17, 15) is 25.1 Å². The molecule has 2 aromatic carbocycles. The number of phenols is 1. The standard InChI is InChI=1S/C27H30BrN5O4/c1-2-16(17-5-19(10-20(28)6-17)27(15-29)3-4-27)8-23(35)12-30-25(37)18-7-21(11-22(34)9-18)33-26-31-13-24(36)14-32-26/h5-7,9-11,16,24,34,36H,2-4,8,12-14H2,1H3,(H,30,37)(H2,31,32,33)/t16-/m1/s1. The lowest BCUT2D eigenvalue weighted by Crippen LogP contribution is -2.42. The van der Waals surface area contributed by atoms with E-state index in [1.54, 1.807) is 6.07 Å². The van der Waals surface area contributed by atoms with Crippen LogP contribution in [0.2, 0.25) is 0 Å². The summed E-state index contributed by atoms with van der Waals surface area (Å²) in [4.78, 5) is 29.7. The van der Waals surface area contributed by atoms with E-state index >= 15 is 0 Å². The molecule has 1 unspecified atom stereocenters.